The number of aryl methyl sites for hydroxylation is 2. The second-order valence-corrected chi connectivity index (χ2v) is 4.29. The van der Waals surface area contributed by atoms with Crippen LogP contribution in [0.1, 0.15) is 33.5 Å². The minimum absolute atomic E-state index is 0.00727. The third-order valence-corrected chi connectivity index (χ3v) is 2.93. The third kappa shape index (κ3) is 2.18. The van der Waals surface area contributed by atoms with Crippen LogP contribution in [0, 0.1) is 6.92 Å². The molecule has 2 aromatic heterocycles. The average Bonchev–Trinajstić information content (AvgIpc) is 2.93. The quantitative estimate of drug-likeness (QED) is 0.843. The van der Waals surface area contributed by atoms with E-state index in [2.05, 4.69) is 5.10 Å². The van der Waals surface area contributed by atoms with Gasteiger partial charge >= 0.3 is 5.97 Å². The molecule has 7 nitrogen and oxygen atoms in total. The van der Waals surface area contributed by atoms with Crippen molar-refractivity contribution in [3.63, 3.8) is 0 Å². The Bertz CT molecular complexity index is 669. The molecule has 20 heavy (non-hydrogen) atoms. The molecule has 0 aliphatic rings. The molecule has 0 saturated heterocycles. The Balaban J connectivity index is 2.45. The van der Waals surface area contributed by atoms with E-state index in [1.807, 2.05) is 0 Å². The zero-order chi connectivity index (χ0) is 14.9. The maximum atomic E-state index is 12.3. The fourth-order valence-corrected chi connectivity index (χ4v) is 1.95. The van der Waals surface area contributed by atoms with E-state index < -0.39 is 11.9 Å². The number of hydrogen-bond acceptors (Lipinski definition) is 5. The fraction of sp³-hybridized carbons (Fsp3) is 0.308. The molecule has 7 heteroatoms. The SMILES string of the molecule is CCOC(=O)c1c(C)nn(C(=O)c2cccn2C)c1N. The summed E-state index contributed by atoms with van der Waals surface area (Å²) in [4.78, 5) is 24.1. The number of aromatic nitrogens is 3. The molecule has 0 aliphatic carbocycles. The summed E-state index contributed by atoms with van der Waals surface area (Å²) < 4.78 is 7.59. The van der Waals surface area contributed by atoms with E-state index in [0.717, 1.165) is 4.68 Å². The summed E-state index contributed by atoms with van der Waals surface area (Å²) in [5.41, 5.74) is 6.79. The molecule has 0 fully saturated rings. The highest BCUT2D eigenvalue weighted by Crippen LogP contribution is 2.19. The Morgan fingerprint density at radius 3 is 2.70 bits per heavy atom. The van der Waals surface area contributed by atoms with Gasteiger partial charge in [-0.1, -0.05) is 0 Å². The van der Waals surface area contributed by atoms with Gasteiger partial charge in [0.15, 0.2) is 0 Å². The standard InChI is InChI=1S/C13H16N4O3/c1-4-20-13(19)10-8(2)15-17(11(10)14)12(18)9-6-5-7-16(9)3/h5-7H,4,14H2,1-3H3. The number of rotatable bonds is 3. The highest BCUT2D eigenvalue weighted by molar-refractivity contribution is 6.01. The Labute approximate surface area is 115 Å². The zero-order valence-corrected chi connectivity index (χ0v) is 11.6. The van der Waals surface area contributed by atoms with E-state index in [1.165, 1.54) is 0 Å². The van der Waals surface area contributed by atoms with Gasteiger partial charge in [-0.3, -0.25) is 4.79 Å². The minimum atomic E-state index is -0.576. The van der Waals surface area contributed by atoms with Crippen molar-refractivity contribution in [1.29, 1.82) is 0 Å². The van der Waals surface area contributed by atoms with Crippen molar-refractivity contribution in [2.75, 3.05) is 12.3 Å². The van der Waals surface area contributed by atoms with Crippen LogP contribution in [0.5, 0.6) is 0 Å². The molecule has 0 atom stereocenters. The van der Waals surface area contributed by atoms with Crippen LogP contribution >= 0.6 is 0 Å². The third-order valence-electron chi connectivity index (χ3n) is 2.93. The molecule has 0 radical (unpaired) electrons. The normalized spacial score (nSPS) is 10.6. The lowest BCUT2D eigenvalue weighted by Gasteiger charge is -2.05. The molecule has 0 unspecified atom stereocenters. The maximum absolute atomic E-state index is 12.3. The maximum Gasteiger partial charge on any atom is 0.343 e. The van der Waals surface area contributed by atoms with Crippen molar-refractivity contribution in [3.8, 4) is 0 Å². The van der Waals surface area contributed by atoms with E-state index in [4.69, 9.17) is 10.5 Å². The van der Waals surface area contributed by atoms with Crippen LogP contribution in [0.25, 0.3) is 0 Å². The van der Waals surface area contributed by atoms with E-state index in [1.54, 1.807) is 43.8 Å². The fourth-order valence-electron chi connectivity index (χ4n) is 1.95. The molecule has 0 spiro atoms. The molecule has 2 rings (SSSR count). The van der Waals surface area contributed by atoms with Gasteiger partial charge < -0.3 is 15.0 Å². The predicted molar refractivity (Wildman–Crippen MR) is 72.5 cm³/mol. The summed E-state index contributed by atoms with van der Waals surface area (Å²) in [7, 11) is 1.74. The lowest BCUT2D eigenvalue weighted by atomic mass is 10.2. The van der Waals surface area contributed by atoms with Crippen molar-refractivity contribution >= 4 is 17.7 Å². The monoisotopic (exact) mass is 276 g/mol. The number of carbonyl (C=O) groups excluding carboxylic acids is 2. The highest BCUT2D eigenvalue weighted by atomic mass is 16.5. The predicted octanol–water partition coefficient (Wildman–Crippen LogP) is 0.977. The first kappa shape index (κ1) is 13.9. The molecule has 0 amide bonds. The van der Waals surface area contributed by atoms with Crippen molar-refractivity contribution < 1.29 is 14.3 Å². The van der Waals surface area contributed by atoms with Crippen LogP contribution in [0.3, 0.4) is 0 Å². The van der Waals surface area contributed by atoms with Gasteiger partial charge in [0.25, 0.3) is 5.91 Å². The summed E-state index contributed by atoms with van der Waals surface area (Å²) in [6.45, 7) is 3.54. The molecular formula is C13H16N4O3. The molecule has 2 heterocycles. The first-order valence-corrected chi connectivity index (χ1v) is 6.15. The van der Waals surface area contributed by atoms with Crippen LogP contribution in [-0.2, 0) is 11.8 Å². The summed E-state index contributed by atoms with van der Waals surface area (Å²) in [5.74, 6) is -0.978. The van der Waals surface area contributed by atoms with Crippen molar-refractivity contribution in [2.45, 2.75) is 13.8 Å². The highest BCUT2D eigenvalue weighted by Gasteiger charge is 2.25. The van der Waals surface area contributed by atoms with Gasteiger partial charge in [0.2, 0.25) is 0 Å². The Hall–Kier alpha value is -2.57. The number of hydrogen-bond donors (Lipinski definition) is 1. The Kier molecular flexibility index (Phi) is 3.60. The second kappa shape index (κ2) is 5.20. The summed E-state index contributed by atoms with van der Waals surface area (Å²) >= 11 is 0. The summed E-state index contributed by atoms with van der Waals surface area (Å²) in [6.07, 6.45) is 1.74. The van der Waals surface area contributed by atoms with Crippen LogP contribution in [0.15, 0.2) is 18.3 Å². The van der Waals surface area contributed by atoms with Gasteiger partial charge in [-0.2, -0.15) is 9.78 Å². The molecule has 0 aromatic carbocycles. The second-order valence-electron chi connectivity index (χ2n) is 4.29. The smallest absolute Gasteiger partial charge is 0.343 e. The molecule has 0 bridgehead atoms. The summed E-state index contributed by atoms with van der Waals surface area (Å²) in [5, 5.41) is 4.04. The molecule has 106 valence electrons. The Morgan fingerprint density at radius 2 is 2.15 bits per heavy atom. The lowest BCUT2D eigenvalue weighted by molar-refractivity contribution is 0.0527. The molecule has 0 aliphatic heterocycles. The lowest BCUT2D eigenvalue weighted by Crippen LogP contribution is -2.19. The van der Waals surface area contributed by atoms with Gasteiger partial charge in [-0.05, 0) is 26.0 Å². The zero-order valence-electron chi connectivity index (χ0n) is 11.6. The number of nitrogens with two attached hydrogens (primary N) is 1. The molecule has 2 N–H and O–H groups in total. The van der Waals surface area contributed by atoms with Crippen LogP contribution < -0.4 is 5.73 Å². The average molecular weight is 276 g/mol. The molecular weight excluding hydrogens is 260 g/mol. The van der Waals surface area contributed by atoms with Gasteiger partial charge in [-0.25, -0.2) is 4.79 Å². The van der Waals surface area contributed by atoms with Gasteiger partial charge in [-0.15, -0.1) is 0 Å². The van der Waals surface area contributed by atoms with Gasteiger partial charge in [0, 0.05) is 13.2 Å². The Morgan fingerprint density at radius 1 is 1.45 bits per heavy atom. The van der Waals surface area contributed by atoms with Crippen molar-refractivity contribution in [3.05, 3.63) is 35.3 Å². The number of esters is 1. The number of nitrogen functional groups attached to an aromatic ring is 1. The minimum Gasteiger partial charge on any atom is -0.462 e. The first-order chi connectivity index (χ1) is 9.47. The largest absolute Gasteiger partial charge is 0.462 e. The van der Waals surface area contributed by atoms with E-state index in [0.29, 0.717) is 11.4 Å². The van der Waals surface area contributed by atoms with Gasteiger partial charge in [0.1, 0.15) is 17.1 Å². The van der Waals surface area contributed by atoms with Crippen molar-refractivity contribution in [1.82, 2.24) is 14.3 Å². The first-order valence-electron chi connectivity index (χ1n) is 6.15. The number of anilines is 1. The van der Waals surface area contributed by atoms with E-state index >= 15 is 0 Å². The number of carbonyl (C=O) groups is 2. The molecule has 0 saturated carbocycles. The van der Waals surface area contributed by atoms with Crippen molar-refractivity contribution in [2.24, 2.45) is 7.05 Å². The van der Waals surface area contributed by atoms with E-state index in [9.17, 15) is 9.59 Å². The summed E-state index contributed by atoms with van der Waals surface area (Å²) in [6, 6.07) is 3.40. The van der Waals surface area contributed by atoms with Crippen LogP contribution in [-0.4, -0.2) is 32.8 Å². The number of ether oxygens (including phenoxy) is 1. The topological polar surface area (TPSA) is 92.1 Å². The van der Waals surface area contributed by atoms with Crippen LogP contribution in [0.2, 0.25) is 0 Å². The van der Waals surface area contributed by atoms with E-state index in [-0.39, 0.29) is 18.0 Å². The van der Waals surface area contributed by atoms with Gasteiger partial charge in [0.05, 0.1) is 12.3 Å². The molecule has 2 aromatic rings. The van der Waals surface area contributed by atoms with Crippen LogP contribution in [0.4, 0.5) is 5.82 Å². The number of nitrogens with zero attached hydrogens (tertiary/aromatic N) is 3.